The molecule has 5 heteroatoms. The van der Waals surface area contributed by atoms with Gasteiger partial charge < -0.3 is 10.0 Å². The molecule has 82 valence electrons. The van der Waals surface area contributed by atoms with Crippen LogP contribution in [0.5, 0.6) is 0 Å². The molecule has 0 fully saturated rings. The number of hydrogen-bond donors (Lipinski definition) is 1. The maximum absolute atomic E-state index is 11.0. The van der Waals surface area contributed by atoms with Crippen LogP contribution in [0.2, 0.25) is 0 Å². The lowest BCUT2D eigenvalue weighted by atomic mass is 10.2. The number of carboxylic acids is 1. The van der Waals surface area contributed by atoms with Gasteiger partial charge in [0.1, 0.15) is 0 Å². The largest absolute Gasteiger partial charge is 0.479 e. The Bertz CT molecular complexity index is 361. The van der Waals surface area contributed by atoms with Crippen LogP contribution in [0.25, 0.3) is 0 Å². The van der Waals surface area contributed by atoms with Crippen molar-refractivity contribution in [2.75, 3.05) is 7.05 Å². The highest BCUT2D eigenvalue weighted by atomic mass is 32.1. The van der Waals surface area contributed by atoms with Crippen LogP contribution in [0.4, 0.5) is 0 Å². The molecule has 1 atom stereocenters. The molecule has 1 unspecified atom stereocenters. The van der Waals surface area contributed by atoms with E-state index in [1.54, 1.807) is 6.07 Å². The maximum atomic E-state index is 11.0. The van der Waals surface area contributed by atoms with Crippen LogP contribution < -0.4 is 0 Å². The van der Waals surface area contributed by atoms with E-state index in [4.69, 9.17) is 5.11 Å². The van der Waals surface area contributed by atoms with Crippen molar-refractivity contribution in [1.82, 2.24) is 4.90 Å². The van der Waals surface area contributed by atoms with Crippen LogP contribution >= 0.6 is 11.3 Å². The smallest absolute Gasteiger partial charge is 0.331 e. The number of amides is 1. The number of likely N-dealkylation sites (N-methyl/N-ethyl adjacent to an activating group) is 1. The van der Waals surface area contributed by atoms with E-state index < -0.39 is 12.0 Å². The molecule has 4 nitrogen and oxygen atoms in total. The molecule has 1 aromatic heterocycles. The Hall–Kier alpha value is -1.36. The summed E-state index contributed by atoms with van der Waals surface area (Å²) in [5.74, 6) is -1.01. The Kier molecular flexibility index (Phi) is 3.85. The first kappa shape index (κ1) is 11.7. The van der Waals surface area contributed by atoms with Crippen LogP contribution in [-0.4, -0.2) is 29.4 Å². The van der Waals surface area contributed by atoms with Gasteiger partial charge in [0.2, 0.25) is 6.41 Å². The SMILES string of the molecule is CCc1ccc(C(C(=O)O)N(C)C=O)s1. The number of rotatable bonds is 5. The van der Waals surface area contributed by atoms with Crippen LogP contribution in [0.15, 0.2) is 12.1 Å². The van der Waals surface area contributed by atoms with Gasteiger partial charge >= 0.3 is 5.97 Å². The predicted octanol–water partition coefficient (Wildman–Crippen LogP) is 1.52. The molecule has 0 aliphatic rings. The van der Waals surface area contributed by atoms with Crippen LogP contribution in [0.1, 0.15) is 22.7 Å². The van der Waals surface area contributed by atoms with Gasteiger partial charge in [-0.25, -0.2) is 4.79 Å². The van der Waals surface area contributed by atoms with Crippen molar-refractivity contribution in [1.29, 1.82) is 0 Å². The third-order valence-electron chi connectivity index (χ3n) is 2.11. The van der Waals surface area contributed by atoms with Crippen molar-refractivity contribution < 1.29 is 14.7 Å². The Labute approximate surface area is 92.1 Å². The van der Waals surface area contributed by atoms with E-state index in [9.17, 15) is 9.59 Å². The fourth-order valence-electron chi connectivity index (χ4n) is 1.29. The quantitative estimate of drug-likeness (QED) is 0.776. The maximum Gasteiger partial charge on any atom is 0.331 e. The van der Waals surface area contributed by atoms with E-state index in [1.807, 2.05) is 13.0 Å². The van der Waals surface area contributed by atoms with Gasteiger partial charge in [0.05, 0.1) is 0 Å². The second kappa shape index (κ2) is 4.93. The van der Waals surface area contributed by atoms with Gasteiger partial charge in [0.15, 0.2) is 6.04 Å². The monoisotopic (exact) mass is 227 g/mol. The van der Waals surface area contributed by atoms with Gasteiger partial charge in [-0.15, -0.1) is 11.3 Å². The first-order valence-electron chi connectivity index (χ1n) is 4.58. The molecule has 0 aliphatic carbocycles. The highest BCUT2D eigenvalue weighted by molar-refractivity contribution is 7.12. The van der Waals surface area contributed by atoms with E-state index in [-0.39, 0.29) is 0 Å². The molecular weight excluding hydrogens is 214 g/mol. The number of carbonyl (C=O) groups is 2. The zero-order chi connectivity index (χ0) is 11.4. The topological polar surface area (TPSA) is 57.6 Å². The highest BCUT2D eigenvalue weighted by Crippen LogP contribution is 2.27. The lowest BCUT2D eigenvalue weighted by molar-refractivity contribution is -0.145. The number of aryl methyl sites for hydroxylation is 1. The summed E-state index contributed by atoms with van der Waals surface area (Å²) < 4.78 is 0. The third kappa shape index (κ3) is 2.56. The Morgan fingerprint density at radius 2 is 2.33 bits per heavy atom. The minimum Gasteiger partial charge on any atom is -0.479 e. The van der Waals surface area contributed by atoms with E-state index in [0.29, 0.717) is 11.3 Å². The summed E-state index contributed by atoms with van der Waals surface area (Å²) in [5.41, 5.74) is 0. The molecule has 1 rings (SSSR count). The van der Waals surface area contributed by atoms with Gasteiger partial charge in [0.25, 0.3) is 0 Å². The zero-order valence-electron chi connectivity index (χ0n) is 8.64. The molecule has 0 aliphatic heterocycles. The molecule has 1 aromatic rings. The van der Waals surface area contributed by atoms with Gasteiger partial charge in [-0.1, -0.05) is 6.92 Å². The van der Waals surface area contributed by atoms with Gasteiger partial charge in [-0.3, -0.25) is 4.79 Å². The van der Waals surface area contributed by atoms with Crippen molar-refractivity contribution in [2.45, 2.75) is 19.4 Å². The molecule has 0 spiro atoms. The Morgan fingerprint density at radius 1 is 1.67 bits per heavy atom. The van der Waals surface area contributed by atoms with Gasteiger partial charge in [-0.2, -0.15) is 0 Å². The summed E-state index contributed by atoms with van der Waals surface area (Å²) in [6.07, 6.45) is 1.41. The molecule has 1 amide bonds. The molecule has 15 heavy (non-hydrogen) atoms. The van der Waals surface area contributed by atoms with Gasteiger partial charge in [-0.05, 0) is 18.6 Å². The second-order valence-corrected chi connectivity index (χ2v) is 4.37. The van der Waals surface area contributed by atoms with Crippen molar-refractivity contribution in [3.8, 4) is 0 Å². The Morgan fingerprint density at radius 3 is 2.73 bits per heavy atom. The fourth-order valence-corrected chi connectivity index (χ4v) is 2.39. The van der Waals surface area contributed by atoms with Crippen molar-refractivity contribution in [2.24, 2.45) is 0 Å². The molecule has 0 aromatic carbocycles. The Balaban J connectivity index is 2.98. The molecule has 0 radical (unpaired) electrons. The minimum atomic E-state index is -1.01. The number of hydrogen-bond acceptors (Lipinski definition) is 3. The van der Waals surface area contributed by atoms with E-state index in [2.05, 4.69) is 0 Å². The summed E-state index contributed by atoms with van der Waals surface area (Å²) in [5, 5.41) is 9.02. The average Bonchev–Trinajstić information content (AvgIpc) is 2.65. The lowest BCUT2D eigenvalue weighted by Gasteiger charge is -2.18. The standard InChI is InChI=1S/C10H13NO3S/c1-3-7-4-5-8(15-7)9(10(13)14)11(2)6-12/h4-6,9H,3H2,1-2H3,(H,13,14). The number of aliphatic carboxylic acids is 1. The normalized spacial score (nSPS) is 12.1. The van der Waals surface area contributed by atoms with Crippen molar-refractivity contribution in [3.63, 3.8) is 0 Å². The summed E-state index contributed by atoms with van der Waals surface area (Å²) in [4.78, 5) is 24.5. The van der Waals surface area contributed by atoms with E-state index in [1.165, 1.54) is 18.4 Å². The van der Waals surface area contributed by atoms with Crippen molar-refractivity contribution in [3.05, 3.63) is 21.9 Å². The van der Waals surface area contributed by atoms with Crippen LogP contribution in [-0.2, 0) is 16.0 Å². The summed E-state index contributed by atoms with van der Waals surface area (Å²) in [7, 11) is 1.47. The number of carboxylic acid groups (broad SMARTS) is 1. The molecule has 0 bridgehead atoms. The summed E-state index contributed by atoms with van der Waals surface area (Å²) >= 11 is 1.43. The zero-order valence-corrected chi connectivity index (χ0v) is 9.45. The summed E-state index contributed by atoms with van der Waals surface area (Å²) in [6, 6.07) is 2.80. The first-order chi connectivity index (χ1) is 7.10. The molecule has 1 N–H and O–H groups in total. The van der Waals surface area contributed by atoms with Crippen LogP contribution in [0.3, 0.4) is 0 Å². The number of thiophene rings is 1. The molecule has 0 saturated heterocycles. The molecule has 0 saturated carbocycles. The fraction of sp³-hybridized carbons (Fsp3) is 0.400. The second-order valence-electron chi connectivity index (χ2n) is 3.17. The number of nitrogens with zero attached hydrogens (tertiary/aromatic N) is 1. The van der Waals surface area contributed by atoms with E-state index >= 15 is 0 Å². The van der Waals surface area contributed by atoms with E-state index in [0.717, 1.165) is 16.2 Å². The molecular formula is C10H13NO3S. The summed E-state index contributed by atoms with van der Waals surface area (Å²) in [6.45, 7) is 2.01. The third-order valence-corrected chi connectivity index (χ3v) is 3.39. The average molecular weight is 227 g/mol. The van der Waals surface area contributed by atoms with Gasteiger partial charge in [0, 0.05) is 16.8 Å². The first-order valence-corrected chi connectivity index (χ1v) is 5.40. The number of carbonyl (C=O) groups excluding carboxylic acids is 1. The minimum absolute atomic E-state index is 0.532. The highest BCUT2D eigenvalue weighted by Gasteiger charge is 2.25. The predicted molar refractivity (Wildman–Crippen MR) is 57.9 cm³/mol. The van der Waals surface area contributed by atoms with Crippen molar-refractivity contribution >= 4 is 23.7 Å². The lowest BCUT2D eigenvalue weighted by Crippen LogP contribution is -2.28. The van der Waals surface area contributed by atoms with Crippen LogP contribution in [0, 0.1) is 0 Å². The molecule has 1 heterocycles.